The van der Waals surface area contributed by atoms with E-state index in [0.29, 0.717) is 32.3 Å². The van der Waals surface area contributed by atoms with Crippen LogP contribution in [-0.4, -0.2) is 56.5 Å². The average Bonchev–Trinajstić information content (AvgIpc) is 2.65. The Hall–Kier alpha value is -0.650. The number of hydrogen-bond acceptors (Lipinski definition) is 4. The molecule has 3 unspecified atom stereocenters. The lowest BCUT2D eigenvalue weighted by Gasteiger charge is -2.20. The van der Waals surface area contributed by atoms with E-state index in [4.69, 9.17) is 9.47 Å². The maximum atomic E-state index is 12.2. The highest BCUT2D eigenvalue weighted by atomic mass is 16.5. The number of hydrogen-bond donors (Lipinski definition) is 1. The van der Waals surface area contributed by atoms with Gasteiger partial charge < -0.3 is 14.4 Å². The number of ether oxygens (including phenoxy) is 2. The standard InChI is InChI=1S/C13H26N2O3/c1-5-10(2)12-13(16)15(11(3)14-12)6-7-18-9-8-17-4/h10-12,14H,5-9H2,1-4H3. The molecule has 3 atom stereocenters. The molecule has 0 aromatic rings. The van der Waals surface area contributed by atoms with E-state index in [9.17, 15) is 4.79 Å². The van der Waals surface area contributed by atoms with Crippen molar-refractivity contribution in [1.82, 2.24) is 10.2 Å². The first-order valence-electron chi connectivity index (χ1n) is 6.75. The van der Waals surface area contributed by atoms with Gasteiger partial charge in [0, 0.05) is 13.7 Å². The second-order valence-electron chi connectivity index (χ2n) is 4.84. The lowest BCUT2D eigenvalue weighted by molar-refractivity contribution is -0.131. The van der Waals surface area contributed by atoms with Crippen LogP contribution in [0.3, 0.4) is 0 Å². The van der Waals surface area contributed by atoms with E-state index in [1.807, 2.05) is 11.8 Å². The summed E-state index contributed by atoms with van der Waals surface area (Å²) in [6.45, 7) is 8.63. The number of nitrogens with one attached hydrogen (secondary N) is 1. The van der Waals surface area contributed by atoms with Crippen molar-refractivity contribution < 1.29 is 14.3 Å². The summed E-state index contributed by atoms with van der Waals surface area (Å²) < 4.78 is 10.3. The van der Waals surface area contributed by atoms with Gasteiger partial charge in [0.1, 0.15) is 0 Å². The molecule has 106 valence electrons. The Bertz CT molecular complexity index is 261. The Balaban J connectivity index is 2.35. The molecule has 1 rings (SSSR count). The van der Waals surface area contributed by atoms with Crippen molar-refractivity contribution in [2.45, 2.75) is 39.4 Å². The number of nitrogens with zero attached hydrogens (tertiary/aromatic N) is 1. The Morgan fingerprint density at radius 1 is 1.39 bits per heavy atom. The molecule has 1 N–H and O–H groups in total. The first kappa shape index (κ1) is 15.4. The van der Waals surface area contributed by atoms with Crippen molar-refractivity contribution in [2.75, 3.05) is 33.5 Å². The van der Waals surface area contributed by atoms with E-state index in [0.717, 1.165) is 6.42 Å². The fraction of sp³-hybridized carbons (Fsp3) is 0.923. The van der Waals surface area contributed by atoms with Crippen molar-refractivity contribution in [3.63, 3.8) is 0 Å². The summed E-state index contributed by atoms with van der Waals surface area (Å²) in [4.78, 5) is 14.1. The number of carbonyl (C=O) groups is 1. The Kier molecular flexibility index (Phi) is 6.60. The van der Waals surface area contributed by atoms with Gasteiger partial charge in [0.15, 0.2) is 0 Å². The summed E-state index contributed by atoms with van der Waals surface area (Å²) in [5.74, 6) is 0.576. The zero-order valence-corrected chi connectivity index (χ0v) is 11.9. The molecular weight excluding hydrogens is 232 g/mol. The molecule has 1 fully saturated rings. The van der Waals surface area contributed by atoms with Crippen LogP contribution in [0.2, 0.25) is 0 Å². The summed E-state index contributed by atoms with van der Waals surface area (Å²) in [5, 5.41) is 3.35. The van der Waals surface area contributed by atoms with Crippen molar-refractivity contribution in [2.24, 2.45) is 5.92 Å². The van der Waals surface area contributed by atoms with Gasteiger partial charge in [0.25, 0.3) is 0 Å². The Morgan fingerprint density at radius 3 is 2.72 bits per heavy atom. The lowest BCUT2D eigenvalue weighted by atomic mass is 9.99. The van der Waals surface area contributed by atoms with Gasteiger partial charge >= 0.3 is 0 Å². The van der Waals surface area contributed by atoms with Gasteiger partial charge in [0.05, 0.1) is 32.0 Å². The third-order valence-corrected chi connectivity index (χ3v) is 3.56. The van der Waals surface area contributed by atoms with Crippen LogP contribution in [-0.2, 0) is 14.3 Å². The largest absolute Gasteiger partial charge is 0.382 e. The van der Waals surface area contributed by atoms with Gasteiger partial charge in [-0.05, 0) is 12.8 Å². The van der Waals surface area contributed by atoms with Crippen LogP contribution in [0.1, 0.15) is 27.2 Å². The van der Waals surface area contributed by atoms with E-state index in [-0.39, 0.29) is 18.1 Å². The van der Waals surface area contributed by atoms with E-state index in [1.165, 1.54) is 0 Å². The van der Waals surface area contributed by atoms with Crippen molar-refractivity contribution in [1.29, 1.82) is 0 Å². The molecule has 0 aliphatic carbocycles. The van der Waals surface area contributed by atoms with Crippen molar-refractivity contribution >= 4 is 5.91 Å². The summed E-state index contributed by atoms with van der Waals surface area (Å²) in [6, 6.07) is -0.0380. The van der Waals surface area contributed by atoms with Crippen LogP contribution in [0.15, 0.2) is 0 Å². The highest BCUT2D eigenvalue weighted by molar-refractivity contribution is 5.84. The first-order chi connectivity index (χ1) is 8.61. The second kappa shape index (κ2) is 7.71. The topological polar surface area (TPSA) is 50.8 Å². The predicted octanol–water partition coefficient (Wildman–Crippen LogP) is 0.842. The van der Waals surface area contributed by atoms with E-state index in [2.05, 4.69) is 19.2 Å². The van der Waals surface area contributed by atoms with E-state index < -0.39 is 0 Å². The van der Waals surface area contributed by atoms with Crippen LogP contribution < -0.4 is 5.32 Å². The number of amides is 1. The van der Waals surface area contributed by atoms with Gasteiger partial charge in [-0.25, -0.2) is 0 Å². The summed E-state index contributed by atoms with van der Waals surface area (Å²) in [5.41, 5.74) is 0. The van der Waals surface area contributed by atoms with E-state index >= 15 is 0 Å². The highest BCUT2D eigenvalue weighted by Gasteiger charge is 2.38. The van der Waals surface area contributed by atoms with Gasteiger partial charge in [0.2, 0.25) is 5.91 Å². The zero-order chi connectivity index (χ0) is 13.5. The molecule has 1 saturated heterocycles. The molecule has 18 heavy (non-hydrogen) atoms. The fourth-order valence-electron chi connectivity index (χ4n) is 2.15. The number of carbonyl (C=O) groups excluding carboxylic acids is 1. The van der Waals surface area contributed by atoms with Gasteiger partial charge in [-0.15, -0.1) is 0 Å². The van der Waals surface area contributed by atoms with Crippen molar-refractivity contribution in [3.8, 4) is 0 Å². The molecular formula is C13H26N2O3. The highest BCUT2D eigenvalue weighted by Crippen LogP contribution is 2.18. The van der Waals surface area contributed by atoms with Crippen LogP contribution >= 0.6 is 0 Å². The van der Waals surface area contributed by atoms with Gasteiger partial charge in [-0.2, -0.15) is 0 Å². The quantitative estimate of drug-likeness (QED) is 0.656. The minimum Gasteiger partial charge on any atom is -0.382 e. The molecule has 1 heterocycles. The van der Waals surface area contributed by atoms with Crippen LogP contribution in [0.25, 0.3) is 0 Å². The molecule has 0 saturated carbocycles. The maximum absolute atomic E-state index is 12.2. The first-order valence-corrected chi connectivity index (χ1v) is 6.75. The minimum atomic E-state index is -0.0380. The minimum absolute atomic E-state index is 0.0380. The monoisotopic (exact) mass is 258 g/mol. The molecule has 5 nitrogen and oxygen atoms in total. The summed E-state index contributed by atoms with van der Waals surface area (Å²) in [6.07, 6.45) is 1.11. The van der Waals surface area contributed by atoms with Gasteiger partial charge in [-0.3, -0.25) is 10.1 Å². The molecule has 0 bridgehead atoms. The molecule has 0 aromatic heterocycles. The van der Waals surface area contributed by atoms with Crippen LogP contribution in [0, 0.1) is 5.92 Å². The Labute approximate surface area is 110 Å². The summed E-state index contributed by atoms with van der Waals surface area (Å²) in [7, 11) is 1.65. The molecule has 0 spiro atoms. The number of methoxy groups -OCH3 is 1. The molecule has 1 amide bonds. The van der Waals surface area contributed by atoms with E-state index in [1.54, 1.807) is 7.11 Å². The van der Waals surface area contributed by atoms with Crippen LogP contribution in [0.4, 0.5) is 0 Å². The number of rotatable bonds is 8. The zero-order valence-electron chi connectivity index (χ0n) is 11.9. The fourth-order valence-corrected chi connectivity index (χ4v) is 2.15. The Morgan fingerprint density at radius 2 is 2.11 bits per heavy atom. The van der Waals surface area contributed by atoms with Gasteiger partial charge in [-0.1, -0.05) is 20.3 Å². The average molecular weight is 258 g/mol. The maximum Gasteiger partial charge on any atom is 0.241 e. The third kappa shape index (κ3) is 3.93. The molecule has 1 aliphatic heterocycles. The lowest BCUT2D eigenvalue weighted by Crippen LogP contribution is -2.37. The van der Waals surface area contributed by atoms with Crippen LogP contribution in [0.5, 0.6) is 0 Å². The van der Waals surface area contributed by atoms with Crippen molar-refractivity contribution in [3.05, 3.63) is 0 Å². The summed E-state index contributed by atoms with van der Waals surface area (Å²) >= 11 is 0. The molecule has 0 aromatic carbocycles. The smallest absolute Gasteiger partial charge is 0.241 e. The predicted molar refractivity (Wildman–Crippen MR) is 70.2 cm³/mol. The second-order valence-corrected chi connectivity index (χ2v) is 4.84. The third-order valence-electron chi connectivity index (χ3n) is 3.56. The SMILES string of the molecule is CCC(C)C1NC(C)N(CCOCCOC)C1=O. The molecule has 5 heteroatoms. The molecule has 1 aliphatic rings. The normalized spacial score (nSPS) is 25.8. The molecule has 0 radical (unpaired) electrons.